The highest BCUT2D eigenvalue weighted by molar-refractivity contribution is 5.55. The van der Waals surface area contributed by atoms with E-state index in [4.69, 9.17) is 19.5 Å². The molecule has 0 fully saturated rings. The van der Waals surface area contributed by atoms with Crippen LogP contribution in [0.15, 0.2) is 28.8 Å². The molecule has 1 aromatic carbocycles. The van der Waals surface area contributed by atoms with E-state index in [-0.39, 0.29) is 13.2 Å². The average molecular weight is 293 g/mol. The van der Waals surface area contributed by atoms with Crippen LogP contribution in [0.1, 0.15) is 5.89 Å². The van der Waals surface area contributed by atoms with Crippen LogP contribution in [0.3, 0.4) is 0 Å². The van der Waals surface area contributed by atoms with Crippen molar-refractivity contribution in [3.8, 4) is 17.1 Å². The summed E-state index contributed by atoms with van der Waals surface area (Å²) in [6.45, 7) is 1.31. The zero-order valence-corrected chi connectivity index (χ0v) is 11.9. The van der Waals surface area contributed by atoms with Crippen molar-refractivity contribution < 1.29 is 19.5 Å². The highest BCUT2D eigenvalue weighted by Gasteiger charge is 2.12. The molecule has 114 valence electrons. The van der Waals surface area contributed by atoms with E-state index in [1.54, 1.807) is 7.11 Å². The molecular formula is C14H19N3O4. The molecule has 0 unspecified atom stereocenters. The van der Waals surface area contributed by atoms with E-state index in [0.717, 1.165) is 11.3 Å². The maximum absolute atomic E-state index is 8.97. The maximum Gasteiger partial charge on any atom is 0.241 e. The first-order valence-corrected chi connectivity index (χ1v) is 6.68. The molecule has 7 nitrogen and oxygen atoms in total. The van der Waals surface area contributed by atoms with Gasteiger partial charge in [-0.05, 0) is 24.3 Å². The minimum Gasteiger partial charge on any atom is -0.497 e. The second-order valence-corrected chi connectivity index (χ2v) is 4.46. The largest absolute Gasteiger partial charge is 0.497 e. The molecule has 0 aliphatic heterocycles. The fraction of sp³-hybridized carbons (Fsp3) is 0.429. The van der Waals surface area contributed by atoms with Crippen molar-refractivity contribution in [2.75, 3.05) is 33.4 Å². The third kappa shape index (κ3) is 4.25. The van der Waals surface area contributed by atoms with Gasteiger partial charge in [-0.15, -0.1) is 0 Å². The lowest BCUT2D eigenvalue weighted by Crippen LogP contribution is -2.29. The van der Waals surface area contributed by atoms with Gasteiger partial charge in [0.25, 0.3) is 0 Å². The number of aliphatic hydroxyl groups is 2. The second-order valence-electron chi connectivity index (χ2n) is 4.46. The summed E-state index contributed by atoms with van der Waals surface area (Å²) in [6, 6.07) is 7.36. The summed E-state index contributed by atoms with van der Waals surface area (Å²) in [5.41, 5.74) is 0.835. The van der Waals surface area contributed by atoms with Gasteiger partial charge >= 0.3 is 0 Å². The Balaban J connectivity index is 2.05. The number of nitrogens with zero attached hydrogens (tertiary/aromatic N) is 3. The molecule has 7 heteroatoms. The van der Waals surface area contributed by atoms with E-state index in [2.05, 4.69) is 10.1 Å². The standard InChI is InChI=1S/C14H19N3O4/c1-20-12-4-2-11(3-5-12)14-15-13(21-16-14)10-17(6-8-18)7-9-19/h2-5,18-19H,6-10H2,1H3. The van der Waals surface area contributed by atoms with Crippen molar-refractivity contribution in [2.24, 2.45) is 0 Å². The zero-order valence-electron chi connectivity index (χ0n) is 11.9. The van der Waals surface area contributed by atoms with Gasteiger partial charge < -0.3 is 19.5 Å². The van der Waals surface area contributed by atoms with Gasteiger partial charge in [-0.3, -0.25) is 4.90 Å². The van der Waals surface area contributed by atoms with E-state index < -0.39 is 0 Å². The minimum atomic E-state index is 0.0134. The fourth-order valence-corrected chi connectivity index (χ4v) is 1.92. The van der Waals surface area contributed by atoms with E-state index in [9.17, 15) is 0 Å². The lowest BCUT2D eigenvalue weighted by atomic mass is 10.2. The van der Waals surface area contributed by atoms with E-state index >= 15 is 0 Å². The number of aromatic nitrogens is 2. The topological polar surface area (TPSA) is 91.9 Å². The van der Waals surface area contributed by atoms with Gasteiger partial charge in [0.05, 0.1) is 26.9 Å². The molecule has 2 rings (SSSR count). The summed E-state index contributed by atoms with van der Waals surface area (Å²) in [6.07, 6.45) is 0. The Morgan fingerprint density at radius 2 is 1.81 bits per heavy atom. The monoisotopic (exact) mass is 293 g/mol. The van der Waals surface area contributed by atoms with Crippen LogP contribution < -0.4 is 4.74 Å². The molecule has 0 bridgehead atoms. The summed E-state index contributed by atoms with van der Waals surface area (Å²) < 4.78 is 10.3. The summed E-state index contributed by atoms with van der Waals surface area (Å²) >= 11 is 0. The molecule has 0 radical (unpaired) electrons. The van der Waals surface area contributed by atoms with Crippen molar-refractivity contribution in [3.63, 3.8) is 0 Å². The highest BCUT2D eigenvalue weighted by atomic mass is 16.5. The molecule has 21 heavy (non-hydrogen) atoms. The summed E-state index contributed by atoms with van der Waals surface area (Å²) in [7, 11) is 1.61. The Bertz CT molecular complexity index is 535. The van der Waals surface area contributed by atoms with Crippen molar-refractivity contribution in [2.45, 2.75) is 6.54 Å². The summed E-state index contributed by atoms with van der Waals surface area (Å²) in [4.78, 5) is 6.16. The molecule has 0 saturated heterocycles. The molecule has 0 aliphatic rings. The van der Waals surface area contributed by atoms with Crippen molar-refractivity contribution in [3.05, 3.63) is 30.2 Å². The molecule has 0 saturated carbocycles. The zero-order chi connectivity index (χ0) is 15.1. The van der Waals surface area contributed by atoms with Crippen LogP contribution in [-0.4, -0.2) is 58.7 Å². The van der Waals surface area contributed by atoms with Gasteiger partial charge in [0.1, 0.15) is 5.75 Å². The Hall–Kier alpha value is -1.96. The number of aliphatic hydroxyl groups excluding tert-OH is 2. The quantitative estimate of drug-likeness (QED) is 0.733. The van der Waals surface area contributed by atoms with Crippen molar-refractivity contribution in [1.29, 1.82) is 0 Å². The van der Waals surface area contributed by atoms with E-state index in [1.807, 2.05) is 29.2 Å². The molecule has 0 amide bonds. The van der Waals surface area contributed by atoms with E-state index in [0.29, 0.717) is 31.3 Å². The predicted octanol–water partition coefficient (Wildman–Crippen LogP) is 0.532. The molecule has 2 aromatic rings. The number of ether oxygens (including phenoxy) is 1. The lowest BCUT2D eigenvalue weighted by Gasteiger charge is -2.17. The first-order valence-electron chi connectivity index (χ1n) is 6.68. The number of rotatable bonds is 8. The van der Waals surface area contributed by atoms with Gasteiger partial charge in [-0.2, -0.15) is 4.98 Å². The van der Waals surface area contributed by atoms with Crippen LogP contribution in [0.2, 0.25) is 0 Å². The Kier molecular flexibility index (Phi) is 5.68. The number of hydrogen-bond acceptors (Lipinski definition) is 7. The normalized spacial score (nSPS) is 11.0. The molecule has 0 aliphatic carbocycles. The van der Waals surface area contributed by atoms with Crippen LogP contribution in [0.5, 0.6) is 5.75 Å². The Morgan fingerprint density at radius 1 is 1.14 bits per heavy atom. The van der Waals surface area contributed by atoms with Crippen LogP contribution in [0.4, 0.5) is 0 Å². The van der Waals surface area contributed by atoms with Crippen molar-refractivity contribution in [1.82, 2.24) is 15.0 Å². The number of methoxy groups -OCH3 is 1. The van der Waals surface area contributed by atoms with Crippen molar-refractivity contribution >= 4 is 0 Å². The first kappa shape index (κ1) is 15.4. The number of hydrogen-bond donors (Lipinski definition) is 2. The maximum atomic E-state index is 8.97. The van der Waals surface area contributed by atoms with Gasteiger partial charge in [0.2, 0.25) is 11.7 Å². The second kappa shape index (κ2) is 7.72. The minimum absolute atomic E-state index is 0.0134. The highest BCUT2D eigenvalue weighted by Crippen LogP contribution is 2.19. The Labute approximate surface area is 122 Å². The molecule has 0 atom stereocenters. The average Bonchev–Trinajstić information content (AvgIpc) is 2.96. The third-order valence-corrected chi connectivity index (χ3v) is 3.01. The lowest BCUT2D eigenvalue weighted by molar-refractivity contribution is 0.143. The fourth-order valence-electron chi connectivity index (χ4n) is 1.92. The molecule has 1 aromatic heterocycles. The van der Waals surface area contributed by atoms with Gasteiger partial charge in [0, 0.05) is 18.7 Å². The predicted molar refractivity (Wildman–Crippen MR) is 75.7 cm³/mol. The van der Waals surface area contributed by atoms with Crippen LogP contribution in [0, 0.1) is 0 Å². The van der Waals surface area contributed by atoms with Gasteiger partial charge in [-0.1, -0.05) is 5.16 Å². The Morgan fingerprint density at radius 3 is 2.38 bits per heavy atom. The summed E-state index contributed by atoms with van der Waals surface area (Å²) in [5, 5.41) is 21.9. The number of benzene rings is 1. The molecule has 1 heterocycles. The van der Waals surface area contributed by atoms with Crippen LogP contribution >= 0.6 is 0 Å². The molecule has 0 spiro atoms. The van der Waals surface area contributed by atoms with Crippen LogP contribution in [0.25, 0.3) is 11.4 Å². The van der Waals surface area contributed by atoms with E-state index in [1.165, 1.54) is 0 Å². The first-order chi connectivity index (χ1) is 10.3. The smallest absolute Gasteiger partial charge is 0.241 e. The molecule has 2 N–H and O–H groups in total. The third-order valence-electron chi connectivity index (χ3n) is 3.01. The van der Waals surface area contributed by atoms with Gasteiger partial charge in [0.15, 0.2) is 0 Å². The summed E-state index contributed by atoms with van der Waals surface area (Å²) in [5.74, 6) is 1.71. The molecular weight excluding hydrogens is 274 g/mol. The van der Waals surface area contributed by atoms with Crippen LogP contribution in [-0.2, 0) is 6.54 Å². The van der Waals surface area contributed by atoms with Gasteiger partial charge in [-0.25, -0.2) is 0 Å². The SMILES string of the molecule is COc1ccc(-c2noc(CN(CCO)CCO)n2)cc1.